The fraction of sp³-hybridized carbons (Fsp3) is 0.222. The van der Waals surface area contributed by atoms with Crippen molar-refractivity contribution in [1.82, 2.24) is 9.55 Å². The number of hydrogen-bond donors (Lipinski definition) is 1. The predicted octanol–water partition coefficient (Wildman–Crippen LogP) is 1.09. The summed E-state index contributed by atoms with van der Waals surface area (Å²) in [5.74, 6) is 0. The maximum atomic E-state index is 9.83. The fourth-order valence-corrected chi connectivity index (χ4v) is 1.23. The van der Waals surface area contributed by atoms with Crippen LogP contribution in [0.2, 0.25) is 0 Å². The van der Waals surface area contributed by atoms with Gasteiger partial charge in [-0.2, -0.15) is 0 Å². The van der Waals surface area contributed by atoms with Crippen molar-refractivity contribution < 1.29 is 9.52 Å². The highest BCUT2D eigenvalue weighted by atomic mass is 16.3. The molecule has 1 unspecified atom stereocenters. The number of aromatic nitrogens is 2. The van der Waals surface area contributed by atoms with Gasteiger partial charge in [-0.15, -0.1) is 0 Å². The molecule has 1 N–H and O–H groups in total. The smallest absolute Gasteiger partial charge is 0.124 e. The highest BCUT2D eigenvalue weighted by Gasteiger charge is 2.14. The van der Waals surface area contributed by atoms with E-state index in [2.05, 4.69) is 4.98 Å². The summed E-state index contributed by atoms with van der Waals surface area (Å²) in [6.07, 6.45) is 5.69. The molecule has 0 bridgehead atoms. The molecule has 0 aliphatic carbocycles. The Balaban J connectivity index is 2.33. The average Bonchev–Trinajstić information content (AvgIpc) is 2.72. The van der Waals surface area contributed by atoms with Crippen molar-refractivity contribution in [3.63, 3.8) is 0 Å². The topological polar surface area (TPSA) is 51.2 Å². The third kappa shape index (κ3) is 1.36. The van der Waals surface area contributed by atoms with E-state index >= 15 is 0 Å². The zero-order valence-corrected chi connectivity index (χ0v) is 7.21. The molecule has 0 saturated carbocycles. The van der Waals surface area contributed by atoms with Crippen LogP contribution in [-0.4, -0.2) is 14.7 Å². The number of furan rings is 1. The summed E-state index contributed by atoms with van der Waals surface area (Å²) < 4.78 is 6.66. The Morgan fingerprint density at radius 1 is 1.62 bits per heavy atom. The first-order valence-electron chi connectivity index (χ1n) is 3.95. The summed E-state index contributed by atoms with van der Waals surface area (Å²) in [6.45, 7) is 0. The van der Waals surface area contributed by atoms with Crippen LogP contribution in [0.4, 0.5) is 0 Å². The third-order valence-corrected chi connectivity index (χ3v) is 1.99. The van der Waals surface area contributed by atoms with Crippen molar-refractivity contribution in [2.75, 3.05) is 0 Å². The molecule has 2 heterocycles. The Hall–Kier alpha value is -1.55. The van der Waals surface area contributed by atoms with Gasteiger partial charge in [-0.05, 0) is 6.07 Å². The molecule has 4 heteroatoms. The molecular weight excluding hydrogens is 168 g/mol. The van der Waals surface area contributed by atoms with Crippen molar-refractivity contribution in [2.24, 2.45) is 7.05 Å². The van der Waals surface area contributed by atoms with Crippen LogP contribution in [-0.2, 0) is 7.05 Å². The highest BCUT2D eigenvalue weighted by Crippen LogP contribution is 2.20. The van der Waals surface area contributed by atoms with Crippen LogP contribution >= 0.6 is 0 Å². The largest absolute Gasteiger partial charge is 0.472 e. The monoisotopic (exact) mass is 178 g/mol. The zero-order chi connectivity index (χ0) is 9.26. The minimum Gasteiger partial charge on any atom is -0.472 e. The molecule has 0 aromatic carbocycles. The lowest BCUT2D eigenvalue weighted by Crippen LogP contribution is -2.03. The highest BCUT2D eigenvalue weighted by molar-refractivity contribution is 5.20. The van der Waals surface area contributed by atoms with E-state index < -0.39 is 6.10 Å². The van der Waals surface area contributed by atoms with Gasteiger partial charge in [0.05, 0.1) is 30.7 Å². The lowest BCUT2D eigenvalue weighted by molar-refractivity contribution is 0.210. The minimum absolute atomic E-state index is 0.661. The van der Waals surface area contributed by atoms with Crippen LogP contribution in [0, 0.1) is 0 Å². The molecule has 0 radical (unpaired) electrons. The lowest BCUT2D eigenvalue weighted by Gasteiger charge is -2.07. The predicted molar refractivity (Wildman–Crippen MR) is 46.0 cm³/mol. The van der Waals surface area contributed by atoms with Crippen LogP contribution in [0.25, 0.3) is 0 Å². The van der Waals surface area contributed by atoms with Crippen LogP contribution in [0.1, 0.15) is 17.4 Å². The van der Waals surface area contributed by atoms with Crippen LogP contribution in [0.15, 0.2) is 35.5 Å². The SMILES string of the molecule is Cn1cncc1C(O)c1ccoc1. The Morgan fingerprint density at radius 3 is 3.00 bits per heavy atom. The molecule has 4 nitrogen and oxygen atoms in total. The van der Waals surface area contributed by atoms with Crippen molar-refractivity contribution in [3.8, 4) is 0 Å². The third-order valence-electron chi connectivity index (χ3n) is 1.99. The first-order valence-corrected chi connectivity index (χ1v) is 3.95. The van der Waals surface area contributed by atoms with Gasteiger partial charge in [0.2, 0.25) is 0 Å². The van der Waals surface area contributed by atoms with Crippen molar-refractivity contribution in [1.29, 1.82) is 0 Å². The van der Waals surface area contributed by atoms with Gasteiger partial charge in [-0.1, -0.05) is 0 Å². The van der Waals surface area contributed by atoms with Gasteiger partial charge in [0.25, 0.3) is 0 Å². The Morgan fingerprint density at radius 2 is 2.46 bits per heavy atom. The van der Waals surface area contributed by atoms with Gasteiger partial charge in [0.1, 0.15) is 6.10 Å². The Labute approximate surface area is 75.4 Å². The molecule has 0 spiro atoms. The normalized spacial score (nSPS) is 13.1. The second-order valence-corrected chi connectivity index (χ2v) is 2.89. The van der Waals surface area contributed by atoms with E-state index in [0.29, 0.717) is 0 Å². The Kier molecular flexibility index (Phi) is 1.90. The second kappa shape index (κ2) is 3.06. The first kappa shape index (κ1) is 8.07. The van der Waals surface area contributed by atoms with Crippen molar-refractivity contribution >= 4 is 0 Å². The molecule has 0 amide bonds. The summed E-state index contributed by atoms with van der Waals surface area (Å²) in [5, 5.41) is 9.83. The zero-order valence-electron chi connectivity index (χ0n) is 7.21. The molecule has 2 aromatic heterocycles. The van der Waals surface area contributed by atoms with E-state index in [1.54, 1.807) is 23.2 Å². The summed E-state index contributed by atoms with van der Waals surface area (Å²) >= 11 is 0. The second-order valence-electron chi connectivity index (χ2n) is 2.89. The number of aliphatic hydroxyl groups excluding tert-OH is 1. The Bertz CT molecular complexity index is 378. The number of hydrogen-bond acceptors (Lipinski definition) is 3. The standard InChI is InChI=1S/C9H10N2O2/c1-11-6-10-4-8(11)9(12)7-2-3-13-5-7/h2-6,9,12H,1H3. The number of rotatable bonds is 2. The van der Waals surface area contributed by atoms with E-state index in [0.717, 1.165) is 11.3 Å². The van der Waals surface area contributed by atoms with Gasteiger partial charge < -0.3 is 14.1 Å². The molecule has 13 heavy (non-hydrogen) atoms. The molecule has 0 saturated heterocycles. The summed E-state index contributed by atoms with van der Waals surface area (Å²) in [7, 11) is 1.84. The summed E-state index contributed by atoms with van der Waals surface area (Å²) in [4.78, 5) is 3.93. The lowest BCUT2D eigenvalue weighted by atomic mass is 10.1. The van der Waals surface area contributed by atoms with E-state index in [1.807, 2.05) is 7.05 Å². The van der Waals surface area contributed by atoms with Crippen molar-refractivity contribution in [3.05, 3.63) is 42.4 Å². The number of aryl methyl sites for hydroxylation is 1. The molecule has 68 valence electrons. The summed E-state index contributed by atoms with van der Waals surface area (Å²) in [5.41, 5.74) is 1.49. The molecule has 0 fully saturated rings. The van der Waals surface area contributed by atoms with Gasteiger partial charge in [0.15, 0.2) is 0 Å². The van der Waals surface area contributed by atoms with Gasteiger partial charge in [-0.25, -0.2) is 4.98 Å². The first-order chi connectivity index (χ1) is 6.29. The number of nitrogens with zero attached hydrogens (tertiary/aromatic N) is 2. The number of imidazole rings is 1. The van der Waals surface area contributed by atoms with E-state index in [4.69, 9.17) is 4.42 Å². The van der Waals surface area contributed by atoms with Gasteiger partial charge >= 0.3 is 0 Å². The van der Waals surface area contributed by atoms with Crippen LogP contribution in [0.5, 0.6) is 0 Å². The molecule has 0 aliphatic heterocycles. The van der Waals surface area contributed by atoms with E-state index in [1.165, 1.54) is 12.5 Å². The number of aliphatic hydroxyl groups is 1. The van der Waals surface area contributed by atoms with E-state index in [9.17, 15) is 5.11 Å². The maximum absolute atomic E-state index is 9.83. The average molecular weight is 178 g/mol. The molecule has 2 rings (SSSR count). The molecule has 0 aliphatic rings. The maximum Gasteiger partial charge on any atom is 0.124 e. The molecule has 2 aromatic rings. The van der Waals surface area contributed by atoms with Crippen molar-refractivity contribution in [2.45, 2.75) is 6.10 Å². The fourth-order valence-electron chi connectivity index (χ4n) is 1.23. The summed E-state index contributed by atoms with van der Waals surface area (Å²) in [6, 6.07) is 1.73. The van der Waals surface area contributed by atoms with Crippen LogP contribution < -0.4 is 0 Å². The quantitative estimate of drug-likeness (QED) is 0.749. The van der Waals surface area contributed by atoms with E-state index in [-0.39, 0.29) is 0 Å². The van der Waals surface area contributed by atoms with Crippen LogP contribution in [0.3, 0.4) is 0 Å². The molecule has 1 atom stereocenters. The van der Waals surface area contributed by atoms with Gasteiger partial charge in [0, 0.05) is 12.6 Å². The molecular formula is C9H10N2O2. The minimum atomic E-state index is -0.661. The van der Waals surface area contributed by atoms with Gasteiger partial charge in [-0.3, -0.25) is 0 Å².